The summed E-state index contributed by atoms with van der Waals surface area (Å²) >= 11 is 0. The highest BCUT2D eigenvalue weighted by Crippen LogP contribution is 2.24. The van der Waals surface area contributed by atoms with Gasteiger partial charge in [-0.25, -0.2) is 13.2 Å². The van der Waals surface area contributed by atoms with Gasteiger partial charge in [0.15, 0.2) is 0 Å². The third kappa shape index (κ3) is 5.69. The quantitative estimate of drug-likeness (QED) is 0.660. The van der Waals surface area contributed by atoms with Crippen molar-refractivity contribution in [2.45, 2.75) is 33.1 Å². The molecule has 0 aromatic heterocycles. The van der Waals surface area contributed by atoms with E-state index in [1.54, 1.807) is 30.0 Å². The lowest BCUT2D eigenvalue weighted by atomic mass is 9.99. The van der Waals surface area contributed by atoms with Gasteiger partial charge in [-0.05, 0) is 37.8 Å². The third-order valence-electron chi connectivity index (χ3n) is 4.73. The number of anilines is 1. The molecule has 0 aliphatic carbocycles. The van der Waals surface area contributed by atoms with Gasteiger partial charge in [0.25, 0.3) is 0 Å². The molecule has 1 aliphatic rings. The normalized spacial score (nSPS) is 15.4. The molecule has 27 heavy (non-hydrogen) atoms. The summed E-state index contributed by atoms with van der Waals surface area (Å²) in [5.74, 6) is -0.0414. The van der Waals surface area contributed by atoms with E-state index in [1.165, 1.54) is 6.07 Å². The monoisotopic (exact) mass is 396 g/mol. The predicted octanol–water partition coefficient (Wildman–Crippen LogP) is 2.28. The second-order valence-electron chi connectivity index (χ2n) is 6.89. The number of para-hydroxylation sites is 1. The summed E-state index contributed by atoms with van der Waals surface area (Å²) in [6.45, 7) is 5.45. The fourth-order valence-corrected chi connectivity index (χ4v) is 4.09. The number of sulfonamides is 1. The molecule has 0 saturated carbocycles. The number of piperidine rings is 1. The zero-order valence-electron chi connectivity index (χ0n) is 16.2. The average Bonchev–Trinajstić information content (AvgIpc) is 2.61. The number of esters is 1. The highest BCUT2D eigenvalue weighted by Gasteiger charge is 2.26. The fraction of sp³-hybridized carbons (Fsp3) is 0.579. The SMILES string of the molecule is CCOC(=O)c1ccccc1N(CCC(=O)N1CCC(C)CC1)S(C)(=O)=O. The van der Waals surface area contributed by atoms with E-state index >= 15 is 0 Å². The molecule has 1 aliphatic heterocycles. The van der Waals surface area contributed by atoms with E-state index < -0.39 is 16.0 Å². The van der Waals surface area contributed by atoms with Crippen LogP contribution >= 0.6 is 0 Å². The maximum Gasteiger partial charge on any atom is 0.340 e. The van der Waals surface area contributed by atoms with E-state index in [9.17, 15) is 18.0 Å². The van der Waals surface area contributed by atoms with Crippen molar-refractivity contribution in [3.05, 3.63) is 29.8 Å². The van der Waals surface area contributed by atoms with Crippen molar-refractivity contribution in [2.75, 3.05) is 36.8 Å². The first-order valence-corrected chi connectivity index (χ1v) is 11.1. The maximum atomic E-state index is 12.5. The van der Waals surface area contributed by atoms with Crippen LogP contribution < -0.4 is 4.31 Å². The largest absolute Gasteiger partial charge is 0.462 e. The Bertz CT molecular complexity index is 770. The Hall–Kier alpha value is -2.09. The molecule has 0 bridgehead atoms. The summed E-state index contributed by atoms with van der Waals surface area (Å²) in [6, 6.07) is 6.39. The van der Waals surface area contributed by atoms with Crippen LogP contribution in [0.1, 0.15) is 43.5 Å². The third-order valence-corrected chi connectivity index (χ3v) is 5.91. The highest BCUT2D eigenvalue weighted by molar-refractivity contribution is 7.92. The molecule has 0 N–H and O–H groups in total. The van der Waals surface area contributed by atoms with Crippen LogP contribution in [0.2, 0.25) is 0 Å². The predicted molar refractivity (Wildman–Crippen MR) is 104 cm³/mol. The molecule has 0 spiro atoms. The van der Waals surface area contributed by atoms with Crippen LogP contribution in [0.15, 0.2) is 24.3 Å². The fourth-order valence-electron chi connectivity index (χ4n) is 3.15. The Morgan fingerprint density at radius 1 is 1.22 bits per heavy atom. The van der Waals surface area contributed by atoms with E-state index in [2.05, 4.69) is 6.92 Å². The summed E-state index contributed by atoms with van der Waals surface area (Å²) in [5, 5.41) is 0. The molecule has 150 valence electrons. The summed E-state index contributed by atoms with van der Waals surface area (Å²) in [6.07, 6.45) is 3.07. The molecule has 1 aromatic carbocycles. The van der Waals surface area contributed by atoms with Crippen molar-refractivity contribution in [3.8, 4) is 0 Å². The number of ether oxygens (including phenoxy) is 1. The zero-order valence-corrected chi connectivity index (χ0v) is 17.0. The Balaban J connectivity index is 2.18. The van der Waals surface area contributed by atoms with Gasteiger partial charge in [-0.3, -0.25) is 9.10 Å². The summed E-state index contributed by atoms with van der Waals surface area (Å²) in [7, 11) is -3.67. The summed E-state index contributed by atoms with van der Waals surface area (Å²) in [4.78, 5) is 26.5. The van der Waals surface area contributed by atoms with E-state index in [-0.39, 0.29) is 36.7 Å². The average molecular weight is 397 g/mol. The van der Waals surface area contributed by atoms with Gasteiger partial charge < -0.3 is 9.64 Å². The van der Waals surface area contributed by atoms with Gasteiger partial charge in [0.1, 0.15) is 0 Å². The number of nitrogens with zero attached hydrogens (tertiary/aromatic N) is 2. The highest BCUT2D eigenvalue weighted by atomic mass is 32.2. The van der Waals surface area contributed by atoms with Crippen LogP contribution in [-0.4, -0.2) is 57.7 Å². The first-order chi connectivity index (χ1) is 12.7. The number of rotatable bonds is 7. The van der Waals surface area contributed by atoms with Crippen LogP contribution in [0.4, 0.5) is 5.69 Å². The number of hydrogen-bond donors (Lipinski definition) is 0. The van der Waals surface area contributed by atoms with Crippen molar-refractivity contribution < 1.29 is 22.7 Å². The lowest BCUT2D eigenvalue weighted by molar-refractivity contribution is -0.132. The lowest BCUT2D eigenvalue weighted by Crippen LogP contribution is -2.40. The molecule has 0 radical (unpaired) electrons. The molecule has 0 atom stereocenters. The van der Waals surface area contributed by atoms with Gasteiger partial charge in [0.2, 0.25) is 15.9 Å². The standard InChI is InChI=1S/C19H28N2O5S/c1-4-26-19(23)16-7-5-6-8-17(16)21(27(3,24)25)14-11-18(22)20-12-9-15(2)10-13-20/h5-8,15H,4,9-14H2,1-3H3. The molecule has 1 aromatic rings. The summed E-state index contributed by atoms with van der Waals surface area (Å²) in [5.41, 5.74) is 0.405. The number of carbonyl (C=O) groups excluding carboxylic acids is 2. The van der Waals surface area contributed by atoms with E-state index in [1.807, 2.05) is 0 Å². The van der Waals surface area contributed by atoms with E-state index in [0.29, 0.717) is 19.0 Å². The van der Waals surface area contributed by atoms with Crippen LogP contribution in [-0.2, 0) is 19.6 Å². The number of amides is 1. The molecule has 2 rings (SSSR count). The van der Waals surface area contributed by atoms with Gasteiger partial charge in [-0.2, -0.15) is 0 Å². The molecule has 1 heterocycles. The number of likely N-dealkylation sites (tertiary alicyclic amines) is 1. The zero-order chi connectivity index (χ0) is 20.0. The molecule has 1 fully saturated rings. The van der Waals surface area contributed by atoms with Crippen LogP contribution in [0.25, 0.3) is 0 Å². The Kier molecular flexibility index (Phi) is 7.24. The van der Waals surface area contributed by atoms with Gasteiger partial charge in [-0.1, -0.05) is 19.1 Å². The first-order valence-electron chi connectivity index (χ1n) is 9.25. The minimum atomic E-state index is -3.67. The van der Waals surface area contributed by atoms with Crippen LogP contribution in [0, 0.1) is 5.92 Å². The Morgan fingerprint density at radius 2 is 1.85 bits per heavy atom. The van der Waals surface area contributed by atoms with Gasteiger partial charge in [0.05, 0.1) is 24.1 Å². The summed E-state index contributed by atoms with van der Waals surface area (Å²) < 4.78 is 30.8. The minimum absolute atomic E-state index is 0.0138. The number of hydrogen-bond acceptors (Lipinski definition) is 5. The second-order valence-corrected chi connectivity index (χ2v) is 8.79. The van der Waals surface area contributed by atoms with Crippen LogP contribution in [0.5, 0.6) is 0 Å². The van der Waals surface area contributed by atoms with Gasteiger partial charge in [0, 0.05) is 26.1 Å². The second kappa shape index (κ2) is 9.21. The Labute approximate surface area is 161 Å². The first kappa shape index (κ1) is 21.2. The van der Waals surface area contributed by atoms with Crippen molar-refractivity contribution in [2.24, 2.45) is 5.92 Å². The minimum Gasteiger partial charge on any atom is -0.462 e. The van der Waals surface area contributed by atoms with Crippen molar-refractivity contribution in [1.82, 2.24) is 4.90 Å². The number of carbonyl (C=O) groups is 2. The smallest absolute Gasteiger partial charge is 0.340 e. The molecule has 8 heteroatoms. The van der Waals surface area contributed by atoms with E-state index in [0.717, 1.165) is 23.4 Å². The topological polar surface area (TPSA) is 84.0 Å². The van der Waals surface area contributed by atoms with E-state index in [4.69, 9.17) is 4.74 Å². The van der Waals surface area contributed by atoms with Gasteiger partial charge in [-0.15, -0.1) is 0 Å². The Morgan fingerprint density at radius 3 is 2.44 bits per heavy atom. The molecule has 1 saturated heterocycles. The molecule has 7 nitrogen and oxygen atoms in total. The molecule has 0 unspecified atom stereocenters. The number of benzene rings is 1. The van der Waals surface area contributed by atoms with Gasteiger partial charge >= 0.3 is 5.97 Å². The maximum absolute atomic E-state index is 12.5. The van der Waals surface area contributed by atoms with Crippen LogP contribution in [0.3, 0.4) is 0 Å². The molecular formula is C19H28N2O5S. The van der Waals surface area contributed by atoms with Crippen molar-refractivity contribution >= 4 is 27.6 Å². The van der Waals surface area contributed by atoms with Crippen molar-refractivity contribution in [1.29, 1.82) is 0 Å². The molecule has 1 amide bonds. The lowest BCUT2D eigenvalue weighted by Gasteiger charge is -2.31. The van der Waals surface area contributed by atoms with Crippen molar-refractivity contribution in [3.63, 3.8) is 0 Å². The molecular weight excluding hydrogens is 368 g/mol.